The van der Waals surface area contributed by atoms with Gasteiger partial charge in [-0.25, -0.2) is 9.20 Å². The van der Waals surface area contributed by atoms with Gasteiger partial charge < -0.3 is 0 Å². The fraction of sp³-hybridized carbons (Fsp3) is 0.214. The molecule has 11 nitrogen and oxygen atoms in total. The summed E-state index contributed by atoms with van der Waals surface area (Å²) in [4.78, 5) is 16.3. The van der Waals surface area contributed by atoms with E-state index in [1.165, 1.54) is 11.0 Å². The zero-order valence-electron chi connectivity index (χ0n) is 13.5. The summed E-state index contributed by atoms with van der Waals surface area (Å²) in [6.45, 7) is 3.89. The van der Waals surface area contributed by atoms with Crippen molar-refractivity contribution in [2.45, 2.75) is 20.4 Å². The Morgan fingerprint density at radius 1 is 1.32 bits per heavy atom. The number of tetrazole rings is 1. The van der Waals surface area contributed by atoms with Crippen LogP contribution in [0.1, 0.15) is 11.4 Å². The molecule has 0 saturated carbocycles. The van der Waals surface area contributed by atoms with Gasteiger partial charge >= 0.3 is 0 Å². The van der Waals surface area contributed by atoms with Crippen LogP contribution >= 0.6 is 0 Å². The molecule has 11 heteroatoms. The van der Waals surface area contributed by atoms with Crippen molar-refractivity contribution in [3.63, 3.8) is 0 Å². The second kappa shape index (κ2) is 5.78. The van der Waals surface area contributed by atoms with Gasteiger partial charge in [-0.1, -0.05) is 0 Å². The molecule has 0 radical (unpaired) electrons. The largest absolute Gasteiger partial charge is 0.292 e. The van der Waals surface area contributed by atoms with Crippen molar-refractivity contribution in [1.82, 2.24) is 45.0 Å². The molecule has 0 fully saturated rings. The molecule has 0 atom stereocenters. The standard InChI is InChI=1S/C14H14N10O/c1-8-13(9(2)19-18-8)10-3-4-11-16-14(20-24(11)5-10)17-12(25)6-23-7-15-21-22-23/h3-5,7H,6H2,1-2H3,(H,18,19)(H,17,20,25). The predicted octanol–water partition coefficient (Wildman–Crippen LogP) is 0.361. The Bertz CT molecular complexity index is 1030. The molecule has 4 heterocycles. The average Bonchev–Trinajstić information content (AvgIpc) is 3.27. The molecular formula is C14H14N10O. The molecule has 2 N–H and O–H groups in total. The monoisotopic (exact) mass is 338 g/mol. The number of nitrogens with zero attached hydrogens (tertiary/aromatic N) is 8. The number of amides is 1. The lowest BCUT2D eigenvalue weighted by atomic mass is 10.1. The first-order chi connectivity index (χ1) is 12.1. The maximum absolute atomic E-state index is 12.0. The third-order valence-electron chi connectivity index (χ3n) is 3.70. The number of fused-ring (bicyclic) bond motifs is 1. The Kier molecular flexibility index (Phi) is 3.45. The number of aryl methyl sites for hydroxylation is 2. The summed E-state index contributed by atoms with van der Waals surface area (Å²) < 4.78 is 2.93. The third kappa shape index (κ3) is 2.82. The van der Waals surface area contributed by atoms with Crippen LogP contribution in [0.4, 0.5) is 5.95 Å². The molecule has 1 amide bonds. The topological polar surface area (TPSA) is 132 Å². The van der Waals surface area contributed by atoms with E-state index in [-0.39, 0.29) is 18.4 Å². The lowest BCUT2D eigenvalue weighted by Gasteiger charge is -2.01. The Morgan fingerprint density at radius 3 is 2.92 bits per heavy atom. The number of nitrogens with one attached hydrogen (secondary N) is 2. The molecular weight excluding hydrogens is 324 g/mol. The maximum atomic E-state index is 12.0. The molecule has 0 saturated heterocycles. The highest BCUT2D eigenvalue weighted by molar-refractivity contribution is 5.88. The predicted molar refractivity (Wildman–Crippen MR) is 86.5 cm³/mol. The fourth-order valence-electron chi connectivity index (χ4n) is 2.62. The number of anilines is 1. The van der Waals surface area contributed by atoms with E-state index >= 15 is 0 Å². The van der Waals surface area contributed by atoms with Gasteiger partial charge in [-0.2, -0.15) is 10.1 Å². The summed E-state index contributed by atoms with van der Waals surface area (Å²) >= 11 is 0. The van der Waals surface area contributed by atoms with E-state index in [0.29, 0.717) is 5.65 Å². The van der Waals surface area contributed by atoms with E-state index in [0.717, 1.165) is 22.5 Å². The van der Waals surface area contributed by atoms with Crippen molar-refractivity contribution >= 4 is 17.5 Å². The van der Waals surface area contributed by atoms with Crippen LogP contribution in [0.5, 0.6) is 0 Å². The number of pyridine rings is 1. The van der Waals surface area contributed by atoms with Gasteiger partial charge in [-0.15, -0.1) is 10.2 Å². The van der Waals surface area contributed by atoms with Gasteiger partial charge in [-0.05, 0) is 36.4 Å². The van der Waals surface area contributed by atoms with Crippen LogP contribution in [0.2, 0.25) is 0 Å². The third-order valence-corrected chi connectivity index (χ3v) is 3.70. The van der Waals surface area contributed by atoms with Crippen molar-refractivity contribution < 1.29 is 4.79 Å². The normalized spacial score (nSPS) is 11.1. The second-order valence-corrected chi connectivity index (χ2v) is 5.52. The van der Waals surface area contributed by atoms with Crippen molar-refractivity contribution in [1.29, 1.82) is 0 Å². The summed E-state index contributed by atoms with van der Waals surface area (Å²) in [5, 5.41) is 24.7. The first kappa shape index (κ1) is 14.9. The van der Waals surface area contributed by atoms with E-state index in [4.69, 9.17) is 0 Å². The number of carbonyl (C=O) groups is 1. The van der Waals surface area contributed by atoms with Crippen LogP contribution in [0.15, 0.2) is 24.7 Å². The molecule has 0 aliphatic carbocycles. The number of aromatic nitrogens is 9. The van der Waals surface area contributed by atoms with Crippen molar-refractivity contribution in [2.24, 2.45) is 0 Å². The van der Waals surface area contributed by atoms with Gasteiger partial charge in [0, 0.05) is 23.0 Å². The van der Waals surface area contributed by atoms with Gasteiger partial charge in [0.15, 0.2) is 5.65 Å². The van der Waals surface area contributed by atoms with Gasteiger partial charge in [0.25, 0.3) is 0 Å². The number of hydrogen-bond acceptors (Lipinski definition) is 7. The molecule has 25 heavy (non-hydrogen) atoms. The molecule has 126 valence electrons. The summed E-state index contributed by atoms with van der Waals surface area (Å²) in [5.74, 6) is -0.0965. The molecule has 0 bridgehead atoms. The molecule has 4 aromatic rings. The van der Waals surface area contributed by atoms with Crippen LogP contribution in [0, 0.1) is 13.8 Å². The minimum Gasteiger partial charge on any atom is -0.292 e. The van der Waals surface area contributed by atoms with E-state index in [1.807, 2.05) is 32.2 Å². The van der Waals surface area contributed by atoms with E-state index in [9.17, 15) is 4.79 Å². The van der Waals surface area contributed by atoms with Crippen LogP contribution < -0.4 is 5.32 Å². The number of carbonyl (C=O) groups excluding carboxylic acids is 1. The lowest BCUT2D eigenvalue weighted by molar-refractivity contribution is -0.117. The Hall–Kier alpha value is -3.63. The highest BCUT2D eigenvalue weighted by atomic mass is 16.2. The minimum absolute atomic E-state index is 0.0127. The molecule has 0 unspecified atom stereocenters. The van der Waals surface area contributed by atoms with Gasteiger partial charge in [0.1, 0.15) is 12.9 Å². The first-order valence-electron chi connectivity index (χ1n) is 7.49. The highest BCUT2D eigenvalue weighted by Gasteiger charge is 2.13. The molecule has 4 rings (SSSR count). The van der Waals surface area contributed by atoms with Crippen molar-refractivity contribution in [2.75, 3.05) is 5.32 Å². The fourth-order valence-corrected chi connectivity index (χ4v) is 2.62. The summed E-state index contributed by atoms with van der Waals surface area (Å²) in [6.07, 6.45) is 3.21. The number of rotatable bonds is 4. The Morgan fingerprint density at radius 2 is 2.20 bits per heavy atom. The molecule has 0 aliphatic rings. The zero-order chi connectivity index (χ0) is 17.4. The van der Waals surface area contributed by atoms with E-state index in [1.54, 1.807) is 4.52 Å². The molecule has 4 aromatic heterocycles. The number of H-pyrrole nitrogens is 1. The SMILES string of the molecule is Cc1n[nH]c(C)c1-c1ccc2nc(NC(=O)Cn3cnnn3)nn2c1. The van der Waals surface area contributed by atoms with Crippen LogP contribution in [0.25, 0.3) is 16.8 Å². The van der Waals surface area contributed by atoms with Gasteiger partial charge in [0.05, 0.1) is 5.69 Å². The second-order valence-electron chi connectivity index (χ2n) is 5.52. The van der Waals surface area contributed by atoms with Crippen molar-refractivity contribution in [3.8, 4) is 11.1 Å². The van der Waals surface area contributed by atoms with Crippen molar-refractivity contribution in [3.05, 3.63) is 36.0 Å². The summed E-state index contributed by atoms with van der Waals surface area (Å²) in [5.41, 5.74) is 4.51. The first-order valence-corrected chi connectivity index (χ1v) is 7.49. The average molecular weight is 338 g/mol. The van der Waals surface area contributed by atoms with Crippen LogP contribution in [-0.2, 0) is 11.3 Å². The zero-order valence-corrected chi connectivity index (χ0v) is 13.5. The minimum atomic E-state index is -0.315. The molecule has 0 aromatic carbocycles. The maximum Gasteiger partial charge on any atom is 0.249 e. The molecule has 0 aliphatic heterocycles. The lowest BCUT2D eigenvalue weighted by Crippen LogP contribution is -2.19. The Labute approximate surface area is 141 Å². The summed E-state index contributed by atoms with van der Waals surface area (Å²) in [6, 6.07) is 3.78. The van der Waals surface area contributed by atoms with Crippen LogP contribution in [0.3, 0.4) is 0 Å². The Balaban J connectivity index is 1.59. The quantitative estimate of drug-likeness (QED) is 0.549. The smallest absolute Gasteiger partial charge is 0.249 e. The number of aromatic amines is 1. The van der Waals surface area contributed by atoms with E-state index < -0.39 is 0 Å². The van der Waals surface area contributed by atoms with Crippen LogP contribution in [-0.4, -0.2) is 50.9 Å². The van der Waals surface area contributed by atoms with Gasteiger partial charge in [-0.3, -0.25) is 15.2 Å². The van der Waals surface area contributed by atoms with Gasteiger partial charge in [0.2, 0.25) is 11.9 Å². The highest BCUT2D eigenvalue weighted by Crippen LogP contribution is 2.25. The molecule has 0 spiro atoms. The van der Waals surface area contributed by atoms with E-state index in [2.05, 4.69) is 41.1 Å². The summed E-state index contributed by atoms with van der Waals surface area (Å²) in [7, 11) is 0. The number of hydrogen-bond donors (Lipinski definition) is 2.